The number of esters is 1. The van der Waals surface area contributed by atoms with Crippen LogP contribution in [-0.2, 0) is 14.3 Å². The second kappa shape index (κ2) is 7.77. The Morgan fingerprint density at radius 2 is 1.89 bits per heavy atom. The van der Waals surface area contributed by atoms with Crippen molar-refractivity contribution >= 4 is 17.9 Å². The predicted octanol–water partition coefficient (Wildman–Crippen LogP) is 2.81. The fourth-order valence-electron chi connectivity index (χ4n) is 3.67. The topological polar surface area (TPSA) is 84.9 Å². The second-order valence-corrected chi connectivity index (χ2v) is 8.13. The Morgan fingerprint density at radius 1 is 1.21 bits per heavy atom. The van der Waals surface area contributed by atoms with E-state index < -0.39 is 5.60 Å². The largest absolute Gasteiger partial charge is 0.456 e. The number of piperazine rings is 1. The zero-order chi connectivity index (χ0) is 20.5. The van der Waals surface area contributed by atoms with Crippen molar-refractivity contribution in [2.75, 3.05) is 31.1 Å². The molecular weight excluding hydrogens is 360 g/mol. The lowest BCUT2D eigenvalue weighted by Gasteiger charge is -2.37. The van der Waals surface area contributed by atoms with Crippen LogP contribution in [0.1, 0.15) is 57.4 Å². The zero-order valence-corrected chi connectivity index (χ0v) is 17.0. The van der Waals surface area contributed by atoms with Gasteiger partial charge >= 0.3 is 12.1 Å². The second-order valence-electron chi connectivity index (χ2n) is 8.13. The van der Waals surface area contributed by atoms with E-state index in [9.17, 15) is 9.59 Å². The number of aromatic nitrogens is 2. The Bertz CT molecular complexity index is 766. The summed E-state index contributed by atoms with van der Waals surface area (Å²) in [6.45, 7) is 13.3. The van der Waals surface area contributed by atoms with Crippen LogP contribution < -0.4 is 4.90 Å². The van der Waals surface area contributed by atoms with E-state index in [1.54, 1.807) is 4.90 Å². The van der Waals surface area contributed by atoms with E-state index in [4.69, 9.17) is 9.47 Å². The highest BCUT2D eigenvalue weighted by atomic mass is 16.6. The van der Waals surface area contributed by atoms with E-state index in [0.717, 1.165) is 17.1 Å². The van der Waals surface area contributed by atoms with Crippen LogP contribution in [0.15, 0.2) is 19.0 Å². The van der Waals surface area contributed by atoms with Crippen molar-refractivity contribution in [2.24, 2.45) is 0 Å². The van der Waals surface area contributed by atoms with Crippen LogP contribution >= 0.6 is 0 Å². The summed E-state index contributed by atoms with van der Waals surface area (Å²) in [6, 6.07) is 0. The van der Waals surface area contributed by atoms with Crippen LogP contribution in [-0.4, -0.2) is 58.7 Å². The maximum Gasteiger partial charge on any atom is 0.410 e. The molecule has 2 aliphatic rings. The summed E-state index contributed by atoms with van der Waals surface area (Å²) in [5, 5.41) is 0. The molecule has 1 aliphatic heterocycles. The Morgan fingerprint density at radius 3 is 2.46 bits per heavy atom. The number of rotatable bonds is 3. The first-order valence-corrected chi connectivity index (χ1v) is 9.57. The number of anilines is 1. The van der Waals surface area contributed by atoms with Crippen molar-refractivity contribution < 1.29 is 19.1 Å². The molecule has 8 nitrogen and oxygen atoms in total. The molecule has 0 N–H and O–H groups in total. The minimum Gasteiger partial charge on any atom is -0.456 e. The molecule has 1 aliphatic carbocycles. The maximum atomic E-state index is 12.3. The monoisotopic (exact) mass is 388 g/mol. The Labute approximate surface area is 165 Å². The number of allylic oxidation sites excluding steroid dienone is 1. The number of hydrogen-bond donors (Lipinski definition) is 0. The molecule has 2 heterocycles. The van der Waals surface area contributed by atoms with Crippen LogP contribution in [0.4, 0.5) is 10.6 Å². The summed E-state index contributed by atoms with van der Waals surface area (Å²) < 4.78 is 10.9. The highest BCUT2D eigenvalue weighted by Crippen LogP contribution is 2.45. The third-order valence-electron chi connectivity index (χ3n) is 4.86. The van der Waals surface area contributed by atoms with Crippen LogP contribution in [0.2, 0.25) is 0 Å². The van der Waals surface area contributed by atoms with Crippen molar-refractivity contribution in [2.45, 2.75) is 51.7 Å². The van der Waals surface area contributed by atoms with E-state index in [0.29, 0.717) is 32.6 Å². The smallest absolute Gasteiger partial charge is 0.410 e. The summed E-state index contributed by atoms with van der Waals surface area (Å²) >= 11 is 0. The molecule has 2 atom stereocenters. The average Bonchev–Trinajstić information content (AvgIpc) is 2.98. The van der Waals surface area contributed by atoms with Gasteiger partial charge in [0.2, 0.25) is 0 Å². The van der Waals surface area contributed by atoms with E-state index in [1.807, 2.05) is 26.8 Å². The highest BCUT2D eigenvalue weighted by molar-refractivity contribution is 5.69. The first-order chi connectivity index (χ1) is 13.2. The average molecular weight is 388 g/mol. The van der Waals surface area contributed by atoms with Crippen LogP contribution in [0.5, 0.6) is 0 Å². The van der Waals surface area contributed by atoms with Gasteiger partial charge in [0.15, 0.2) is 0 Å². The fraction of sp³-hybridized carbons (Fsp3) is 0.600. The third-order valence-corrected chi connectivity index (χ3v) is 4.86. The van der Waals surface area contributed by atoms with E-state index >= 15 is 0 Å². The van der Waals surface area contributed by atoms with Crippen LogP contribution in [0.3, 0.4) is 0 Å². The van der Waals surface area contributed by atoms with Gasteiger partial charge in [-0.05, 0) is 20.8 Å². The van der Waals surface area contributed by atoms with Gasteiger partial charge in [-0.25, -0.2) is 14.8 Å². The molecule has 1 amide bonds. The molecule has 152 valence electrons. The molecule has 1 aromatic rings. The molecule has 0 radical (unpaired) electrons. The lowest BCUT2D eigenvalue weighted by atomic mass is 10.0. The van der Waals surface area contributed by atoms with E-state index in [1.165, 1.54) is 13.3 Å². The van der Waals surface area contributed by atoms with Gasteiger partial charge in [-0.15, -0.1) is 6.58 Å². The molecule has 8 heteroatoms. The van der Waals surface area contributed by atoms with Gasteiger partial charge in [0.25, 0.3) is 0 Å². The van der Waals surface area contributed by atoms with Gasteiger partial charge in [-0.2, -0.15) is 0 Å². The fourth-order valence-corrected chi connectivity index (χ4v) is 3.67. The first kappa shape index (κ1) is 20.1. The summed E-state index contributed by atoms with van der Waals surface area (Å²) in [5.41, 5.74) is 1.21. The number of carbonyl (C=O) groups excluding carboxylic acids is 2. The molecule has 0 saturated carbocycles. The molecule has 0 spiro atoms. The molecule has 0 aromatic carbocycles. The standard InChI is InChI=1S/C20H28N4O4/c1-6-14-11-15(27-13(2)25)17-16(14)18(22-12-21-17)23-7-9-24(10-8-23)19(26)28-20(3,4)5/h6,12,14-15H,1,7-11H2,2-5H3. The minimum absolute atomic E-state index is 0.0273. The summed E-state index contributed by atoms with van der Waals surface area (Å²) in [7, 11) is 0. The van der Waals surface area contributed by atoms with Gasteiger partial charge in [0.05, 0.1) is 5.69 Å². The number of amides is 1. The van der Waals surface area contributed by atoms with E-state index in [-0.39, 0.29) is 24.1 Å². The normalized spacial score (nSPS) is 21.9. The lowest BCUT2D eigenvalue weighted by Crippen LogP contribution is -2.50. The maximum absolute atomic E-state index is 12.3. The SMILES string of the molecule is C=CC1CC(OC(C)=O)c2ncnc(N3CCN(C(=O)OC(C)(C)C)CC3)c21. The predicted molar refractivity (Wildman–Crippen MR) is 104 cm³/mol. The van der Waals surface area contributed by atoms with Crippen molar-refractivity contribution in [3.05, 3.63) is 30.2 Å². The van der Waals surface area contributed by atoms with Crippen molar-refractivity contribution in [1.29, 1.82) is 0 Å². The lowest BCUT2D eigenvalue weighted by molar-refractivity contribution is -0.146. The van der Waals surface area contributed by atoms with Gasteiger partial charge in [0.1, 0.15) is 23.9 Å². The van der Waals surface area contributed by atoms with Gasteiger partial charge in [-0.1, -0.05) is 6.08 Å². The first-order valence-electron chi connectivity index (χ1n) is 9.57. The summed E-state index contributed by atoms with van der Waals surface area (Å²) in [6.07, 6.45) is 3.32. The summed E-state index contributed by atoms with van der Waals surface area (Å²) in [4.78, 5) is 36.5. The number of carbonyl (C=O) groups is 2. The number of nitrogens with zero attached hydrogens (tertiary/aromatic N) is 4. The quantitative estimate of drug-likeness (QED) is 0.581. The van der Waals surface area contributed by atoms with E-state index in [2.05, 4.69) is 21.4 Å². The zero-order valence-electron chi connectivity index (χ0n) is 17.0. The Kier molecular flexibility index (Phi) is 5.58. The van der Waals surface area contributed by atoms with Gasteiger partial charge in [-0.3, -0.25) is 4.79 Å². The molecule has 0 bridgehead atoms. The number of hydrogen-bond acceptors (Lipinski definition) is 7. The Balaban J connectivity index is 1.76. The van der Waals surface area contributed by atoms with Crippen molar-refractivity contribution in [3.8, 4) is 0 Å². The molecule has 1 fully saturated rings. The number of fused-ring (bicyclic) bond motifs is 1. The Hall–Kier alpha value is -2.64. The minimum atomic E-state index is -0.509. The third kappa shape index (κ3) is 4.26. The molecule has 3 rings (SSSR count). The van der Waals surface area contributed by atoms with Crippen LogP contribution in [0.25, 0.3) is 0 Å². The highest BCUT2D eigenvalue weighted by Gasteiger charge is 2.37. The molecule has 28 heavy (non-hydrogen) atoms. The molecule has 1 saturated heterocycles. The summed E-state index contributed by atoms with van der Waals surface area (Å²) in [5.74, 6) is 0.527. The van der Waals surface area contributed by atoms with Crippen molar-refractivity contribution in [3.63, 3.8) is 0 Å². The van der Waals surface area contributed by atoms with Gasteiger partial charge in [0, 0.05) is 51.0 Å². The van der Waals surface area contributed by atoms with Crippen molar-refractivity contribution in [1.82, 2.24) is 14.9 Å². The molecule has 2 unspecified atom stereocenters. The van der Waals surface area contributed by atoms with Gasteiger partial charge < -0.3 is 19.3 Å². The van der Waals surface area contributed by atoms with Crippen LogP contribution in [0, 0.1) is 0 Å². The molecular formula is C20H28N4O4. The number of ether oxygens (including phenoxy) is 2. The molecule has 1 aromatic heterocycles.